The lowest BCUT2D eigenvalue weighted by molar-refractivity contribution is -0.145. The summed E-state index contributed by atoms with van der Waals surface area (Å²) in [5.41, 5.74) is 3.52. The van der Waals surface area contributed by atoms with Gasteiger partial charge in [0.05, 0.1) is 18.7 Å². The lowest BCUT2D eigenvalue weighted by Gasteiger charge is -2.06. The zero-order valence-corrected chi connectivity index (χ0v) is 13.9. The second-order valence-corrected chi connectivity index (χ2v) is 6.21. The van der Waals surface area contributed by atoms with E-state index >= 15 is 0 Å². The quantitative estimate of drug-likeness (QED) is 0.543. The Morgan fingerprint density at radius 1 is 1.24 bits per heavy atom. The lowest BCUT2D eigenvalue weighted by Crippen LogP contribution is -2.23. The van der Waals surface area contributed by atoms with Gasteiger partial charge in [-0.15, -0.1) is 0 Å². The minimum atomic E-state index is -0.724. The maximum atomic E-state index is 12.5. The van der Waals surface area contributed by atoms with Gasteiger partial charge in [-0.2, -0.15) is 5.10 Å². The summed E-state index contributed by atoms with van der Waals surface area (Å²) in [5.74, 6) is -1.31. The Morgan fingerprint density at radius 3 is 2.80 bits per heavy atom. The van der Waals surface area contributed by atoms with Crippen molar-refractivity contribution in [1.29, 1.82) is 0 Å². The van der Waals surface area contributed by atoms with Gasteiger partial charge in [0.1, 0.15) is 5.92 Å². The van der Waals surface area contributed by atoms with Crippen LogP contribution in [0.25, 0.3) is 10.9 Å². The van der Waals surface area contributed by atoms with Crippen LogP contribution in [0.15, 0.2) is 48.7 Å². The molecule has 1 heterocycles. The van der Waals surface area contributed by atoms with Gasteiger partial charge >= 0.3 is 5.97 Å². The number of Topliss-reactive ketones (excluding diaryl/α,β-unsaturated/α-hetero) is 1. The van der Waals surface area contributed by atoms with E-state index in [0.717, 1.165) is 22.0 Å². The molecule has 1 aliphatic carbocycles. The lowest BCUT2D eigenvalue weighted by atomic mass is 10.1. The van der Waals surface area contributed by atoms with Gasteiger partial charge in [0.25, 0.3) is 0 Å². The number of esters is 1. The summed E-state index contributed by atoms with van der Waals surface area (Å²) in [6.07, 6.45) is 2.35. The third kappa shape index (κ3) is 2.71. The van der Waals surface area contributed by atoms with Crippen LogP contribution in [0.1, 0.15) is 28.4 Å². The molecule has 0 N–H and O–H groups in total. The van der Waals surface area contributed by atoms with Crippen molar-refractivity contribution < 1.29 is 14.3 Å². The van der Waals surface area contributed by atoms with Crippen molar-refractivity contribution in [2.75, 3.05) is 6.61 Å². The van der Waals surface area contributed by atoms with Crippen molar-refractivity contribution in [2.45, 2.75) is 19.9 Å². The van der Waals surface area contributed by atoms with E-state index in [-0.39, 0.29) is 12.4 Å². The smallest absolute Gasteiger partial charge is 0.317 e. The number of nitrogens with zero attached hydrogens (tertiary/aromatic N) is 2. The average molecular weight is 334 g/mol. The number of hydrogen-bond acceptors (Lipinski definition) is 4. The van der Waals surface area contributed by atoms with Gasteiger partial charge in [-0.3, -0.25) is 14.3 Å². The van der Waals surface area contributed by atoms with Gasteiger partial charge in [0.2, 0.25) is 0 Å². The Bertz CT molecular complexity index is 960. The Morgan fingerprint density at radius 2 is 2.04 bits per heavy atom. The molecule has 5 heteroatoms. The topological polar surface area (TPSA) is 61.2 Å². The second-order valence-electron chi connectivity index (χ2n) is 6.21. The Hall–Kier alpha value is -2.95. The molecule has 0 saturated heterocycles. The number of ketones is 1. The SMILES string of the molecule is CCOC(=O)[C@H]1Cc2c(ccc3nn(Cc4ccccc4)cc23)C1=O. The Labute approximate surface area is 145 Å². The molecular formula is C20H18N2O3. The first-order valence-corrected chi connectivity index (χ1v) is 8.41. The van der Waals surface area contributed by atoms with E-state index in [2.05, 4.69) is 17.2 Å². The molecule has 0 spiro atoms. The van der Waals surface area contributed by atoms with Gasteiger partial charge in [0.15, 0.2) is 5.78 Å². The van der Waals surface area contributed by atoms with Crippen LogP contribution in [-0.4, -0.2) is 28.1 Å². The predicted molar refractivity (Wildman–Crippen MR) is 93.4 cm³/mol. The third-order valence-electron chi connectivity index (χ3n) is 4.60. The van der Waals surface area contributed by atoms with Crippen LogP contribution >= 0.6 is 0 Å². The fourth-order valence-electron chi connectivity index (χ4n) is 3.42. The molecule has 1 aliphatic rings. The number of ether oxygens (including phenoxy) is 1. The van der Waals surface area contributed by atoms with Crippen LogP contribution < -0.4 is 0 Å². The molecule has 0 amide bonds. The molecular weight excluding hydrogens is 316 g/mol. The average Bonchev–Trinajstić information content (AvgIpc) is 3.17. The first-order chi connectivity index (χ1) is 12.2. The summed E-state index contributed by atoms with van der Waals surface area (Å²) in [7, 11) is 0. The molecule has 1 atom stereocenters. The molecule has 0 saturated carbocycles. The van der Waals surface area contributed by atoms with E-state index in [4.69, 9.17) is 4.74 Å². The summed E-state index contributed by atoms with van der Waals surface area (Å²) in [4.78, 5) is 24.6. The molecule has 4 rings (SSSR count). The van der Waals surface area contributed by atoms with E-state index in [1.54, 1.807) is 13.0 Å². The van der Waals surface area contributed by atoms with Crippen molar-refractivity contribution in [3.8, 4) is 0 Å². The minimum Gasteiger partial charge on any atom is -0.465 e. The molecule has 0 aliphatic heterocycles. The molecule has 0 unspecified atom stereocenters. The fraction of sp³-hybridized carbons (Fsp3) is 0.250. The highest BCUT2D eigenvalue weighted by Crippen LogP contribution is 2.33. The van der Waals surface area contributed by atoms with Gasteiger partial charge in [-0.05, 0) is 36.6 Å². The number of carbonyl (C=O) groups is 2. The third-order valence-corrected chi connectivity index (χ3v) is 4.60. The summed E-state index contributed by atoms with van der Waals surface area (Å²) < 4.78 is 6.92. The van der Waals surface area contributed by atoms with Gasteiger partial charge in [-0.1, -0.05) is 30.3 Å². The number of carbonyl (C=O) groups excluding carboxylic acids is 2. The first kappa shape index (κ1) is 15.6. The van der Waals surface area contributed by atoms with Crippen molar-refractivity contribution >= 4 is 22.7 Å². The van der Waals surface area contributed by atoms with Gasteiger partial charge < -0.3 is 4.74 Å². The highest BCUT2D eigenvalue weighted by Gasteiger charge is 2.38. The minimum absolute atomic E-state index is 0.147. The Kier molecular flexibility index (Phi) is 3.84. The second kappa shape index (κ2) is 6.16. The zero-order valence-electron chi connectivity index (χ0n) is 13.9. The number of hydrogen-bond donors (Lipinski definition) is 0. The largest absolute Gasteiger partial charge is 0.465 e. The summed E-state index contributed by atoms with van der Waals surface area (Å²) in [6.45, 7) is 2.69. The van der Waals surface area contributed by atoms with Crippen molar-refractivity contribution in [3.63, 3.8) is 0 Å². The molecule has 126 valence electrons. The van der Waals surface area contributed by atoms with Gasteiger partial charge in [0, 0.05) is 17.1 Å². The van der Waals surface area contributed by atoms with E-state index in [0.29, 0.717) is 18.5 Å². The monoisotopic (exact) mass is 334 g/mol. The molecule has 0 bridgehead atoms. The van der Waals surface area contributed by atoms with Crippen molar-refractivity contribution in [2.24, 2.45) is 5.92 Å². The van der Waals surface area contributed by atoms with Crippen molar-refractivity contribution in [1.82, 2.24) is 9.78 Å². The highest BCUT2D eigenvalue weighted by molar-refractivity contribution is 6.14. The zero-order chi connectivity index (χ0) is 17.4. The molecule has 5 nitrogen and oxygen atoms in total. The maximum absolute atomic E-state index is 12.5. The molecule has 3 aromatic rings. The van der Waals surface area contributed by atoms with E-state index in [9.17, 15) is 9.59 Å². The normalized spacial score (nSPS) is 16.2. The van der Waals surface area contributed by atoms with E-state index in [1.165, 1.54) is 0 Å². The molecule has 2 aromatic carbocycles. The van der Waals surface area contributed by atoms with E-state index < -0.39 is 11.9 Å². The van der Waals surface area contributed by atoms with Crippen LogP contribution in [-0.2, 0) is 22.5 Å². The molecule has 25 heavy (non-hydrogen) atoms. The predicted octanol–water partition coefficient (Wildman–Crippen LogP) is 3.00. The van der Waals surface area contributed by atoms with Crippen LogP contribution in [0.5, 0.6) is 0 Å². The fourth-order valence-corrected chi connectivity index (χ4v) is 3.42. The molecule has 0 radical (unpaired) electrons. The van der Waals surface area contributed by atoms with E-state index in [1.807, 2.05) is 35.1 Å². The summed E-state index contributed by atoms with van der Waals surface area (Å²) in [6, 6.07) is 13.7. The van der Waals surface area contributed by atoms with Gasteiger partial charge in [-0.25, -0.2) is 0 Å². The Balaban J connectivity index is 1.69. The number of benzene rings is 2. The van der Waals surface area contributed by atoms with Crippen LogP contribution in [0, 0.1) is 5.92 Å². The number of rotatable bonds is 4. The van der Waals surface area contributed by atoms with Crippen LogP contribution in [0.4, 0.5) is 0 Å². The van der Waals surface area contributed by atoms with Crippen molar-refractivity contribution in [3.05, 3.63) is 65.4 Å². The highest BCUT2D eigenvalue weighted by atomic mass is 16.5. The standard InChI is InChI=1S/C20H18N2O3/c1-2-25-20(24)16-10-15-14(19(16)23)8-9-18-17(15)12-22(21-18)11-13-6-4-3-5-7-13/h3-9,12,16H,2,10-11H2,1H3/t16-/m0/s1. The number of fused-ring (bicyclic) bond motifs is 3. The van der Waals surface area contributed by atoms with Crippen LogP contribution in [0.3, 0.4) is 0 Å². The maximum Gasteiger partial charge on any atom is 0.317 e. The summed E-state index contributed by atoms with van der Waals surface area (Å²) in [5, 5.41) is 5.54. The first-order valence-electron chi connectivity index (χ1n) is 8.41. The summed E-state index contributed by atoms with van der Waals surface area (Å²) >= 11 is 0. The number of aromatic nitrogens is 2. The molecule has 0 fully saturated rings. The van der Waals surface area contributed by atoms with Crippen LogP contribution in [0.2, 0.25) is 0 Å². The molecule has 1 aromatic heterocycles.